The molecule has 1 aromatic heterocycles. The van der Waals surface area contributed by atoms with Gasteiger partial charge >= 0.3 is 6.98 Å². The zero-order valence-electron chi connectivity index (χ0n) is 6.88. The van der Waals surface area contributed by atoms with E-state index in [0.29, 0.717) is 17.5 Å². The normalized spacial score (nSPS) is 11.7. The van der Waals surface area contributed by atoms with Crippen LogP contribution in [-0.4, -0.2) is 22.6 Å². The maximum atomic E-state index is 11.8. The van der Waals surface area contributed by atoms with Crippen LogP contribution in [0.25, 0.3) is 0 Å². The Morgan fingerprint density at radius 3 is 2.69 bits per heavy atom. The van der Waals surface area contributed by atoms with E-state index >= 15 is 0 Å². The second-order valence-electron chi connectivity index (χ2n) is 2.50. The molecule has 0 N–H and O–H groups in total. The van der Waals surface area contributed by atoms with Crippen molar-refractivity contribution >= 4 is 18.7 Å². The van der Waals surface area contributed by atoms with Crippen LogP contribution in [0.15, 0.2) is 17.4 Å². The highest BCUT2D eigenvalue weighted by Crippen LogP contribution is 2.20. The average Bonchev–Trinajstić information content (AvgIpc) is 2.00. The van der Waals surface area contributed by atoms with Gasteiger partial charge in [0.2, 0.25) is 0 Å². The summed E-state index contributed by atoms with van der Waals surface area (Å²) in [5.41, 5.74) is -0.212. The fourth-order valence-corrected chi connectivity index (χ4v) is 1.35. The summed E-state index contributed by atoms with van der Waals surface area (Å²) in [5.74, 6) is 0. The van der Waals surface area contributed by atoms with Crippen LogP contribution in [0.2, 0.25) is 0 Å². The first kappa shape index (κ1) is 10.4. The molecule has 0 radical (unpaired) electrons. The SMILES string of the molecule is Cc1ccnc(SC[B-](F)(F)F)n1. The van der Waals surface area contributed by atoms with Crippen LogP contribution in [-0.2, 0) is 0 Å². The number of nitrogens with zero attached hydrogens (tertiary/aromatic N) is 2. The molecule has 0 aromatic carbocycles. The fraction of sp³-hybridized carbons (Fsp3) is 0.333. The molecule has 0 saturated carbocycles. The highest BCUT2D eigenvalue weighted by molar-refractivity contribution is 8.00. The molecule has 0 fully saturated rings. The predicted octanol–water partition coefficient (Wildman–Crippen LogP) is 2.26. The Labute approximate surface area is 78.0 Å². The summed E-state index contributed by atoms with van der Waals surface area (Å²) in [4.78, 5) is 7.54. The fourth-order valence-electron chi connectivity index (χ4n) is 0.664. The molecular formula is C6H7BF3N2S-. The van der Waals surface area contributed by atoms with Crippen molar-refractivity contribution in [3.63, 3.8) is 0 Å². The van der Waals surface area contributed by atoms with Gasteiger partial charge in [-0.05, 0) is 18.6 Å². The monoisotopic (exact) mass is 207 g/mol. The minimum Gasteiger partial charge on any atom is -0.448 e. The second kappa shape index (κ2) is 4.00. The minimum absolute atomic E-state index is 0.180. The lowest BCUT2D eigenvalue weighted by molar-refractivity contribution is 0.485. The van der Waals surface area contributed by atoms with Crippen LogP contribution >= 0.6 is 11.8 Å². The largest absolute Gasteiger partial charge is 0.488 e. The molecule has 0 saturated heterocycles. The van der Waals surface area contributed by atoms with Crippen molar-refractivity contribution in [1.82, 2.24) is 9.97 Å². The van der Waals surface area contributed by atoms with Gasteiger partial charge in [0.15, 0.2) is 5.16 Å². The Hall–Kier alpha value is -0.715. The number of hydrogen-bond donors (Lipinski definition) is 0. The van der Waals surface area contributed by atoms with E-state index in [0.717, 1.165) is 0 Å². The molecule has 13 heavy (non-hydrogen) atoms. The van der Waals surface area contributed by atoms with E-state index < -0.39 is 12.6 Å². The van der Waals surface area contributed by atoms with E-state index in [-0.39, 0.29) is 5.16 Å². The lowest BCUT2D eigenvalue weighted by Crippen LogP contribution is -2.19. The first-order valence-electron chi connectivity index (χ1n) is 3.61. The maximum Gasteiger partial charge on any atom is 0.488 e. The summed E-state index contributed by atoms with van der Waals surface area (Å²) in [6.45, 7) is -3.04. The van der Waals surface area contributed by atoms with E-state index in [4.69, 9.17) is 0 Å². The Morgan fingerprint density at radius 1 is 1.46 bits per heavy atom. The minimum atomic E-state index is -4.76. The topological polar surface area (TPSA) is 25.8 Å². The van der Waals surface area contributed by atoms with Crippen molar-refractivity contribution in [3.05, 3.63) is 18.0 Å². The molecule has 1 aromatic rings. The van der Waals surface area contributed by atoms with Crippen LogP contribution in [0.3, 0.4) is 0 Å². The van der Waals surface area contributed by atoms with Crippen molar-refractivity contribution in [2.75, 3.05) is 5.65 Å². The summed E-state index contributed by atoms with van der Waals surface area (Å²) in [5, 5.41) is 0.180. The number of aryl methyl sites for hydroxylation is 1. The van der Waals surface area contributed by atoms with Crippen LogP contribution in [0.5, 0.6) is 0 Å². The molecule has 7 heteroatoms. The van der Waals surface area contributed by atoms with E-state index in [9.17, 15) is 12.9 Å². The third-order valence-electron chi connectivity index (χ3n) is 1.17. The summed E-state index contributed by atoms with van der Waals surface area (Å²) in [7, 11) is 0. The van der Waals surface area contributed by atoms with Crippen LogP contribution in [0.1, 0.15) is 5.69 Å². The molecule has 1 heterocycles. The van der Waals surface area contributed by atoms with E-state index in [2.05, 4.69) is 9.97 Å². The summed E-state index contributed by atoms with van der Waals surface area (Å²) < 4.78 is 35.5. The lowest BCUT2D eigenvalue weighted by Gasteiger charge is -2.11. The van der Waals surface area contributed by atoms with Gasteiger partial charge in [-0.1, -0.05) is 0 Å². The van der Waals surface area contributed by atoms with Gasteiger partial charge in [0.1, 0.15) is 0 Å². The molecule has 0 spiro atoms. The highest BCUT2D eigenvalue weighted by Gasteiger charge is 2.23. The predicted molar refractivity (Wildman–Crippen MR) is 46.6 cm³/mol. The van der Waals surface area contributed by atoms with Crippen LogP contribution in [0, 0.1) is 6.92 Å². The highest BCUT2D eigenvalue weighted by atomic mass is 32.2. The molecule has 1 rings (SSSR count). The molecule has 72 valence electrons. The van der Waals surface area contributed by atoms with Crippen molar-refractivity contribution in [3.8, 4) is 0 Å². The molecule has 0 unspecified atom stereocenters. The van der Waals surface area contributed by atoms with Crippen molar-refractivity contribution in [2.24, 2.45) is 0 Å². The molecule has 0 bridgehead atoms. The zero-order chi connectivity index (χ0) is 9.90. The molecule has 0 aliphatic carbocycles. The molecule has 0 aliphatic heterocycles. The second-order valence-corrected chi connectivity index (χ2v) is 3.49. The van der Waals surface area contributed by atoms with Gasteiger partial charge in [0, 0.05) is 11.9 Å². The molecule has 0 amide bonds. The third-order valence-corrected chi connectivity index (χ3v) is 2.17. The quantitative estimate of drug-likeness (QED) is 0.431. The number of thioether (sulfide) groups is 1. The third kappa shape index (κ3) is 4.16. The number of rotatable bonds is 3. The number of hydrogen-bond acceptors (Lipinski definition) is 3. The molecule has 0 atom stereocenters. The van der Waals surface area contributed by atoms with E-state index in [1.54, 1.807) is 13.0 Å². The van der Waals surface area contributed by atoms with E-state index in [1.165, 1.54) is 6.20 Å². The average molecular weight is 207 g/mol. The van der Waals surface area contributed by atoms with Gasteiger partial charge < -0.3 is 12.9 Å². The van der Waals surface area contributed by atoms with Crippen LogP contribution in [0.4, 0.5) is 12.9 Å². The Bertz CT molecular complexity index is 291. The molecule has 0 aliphatic rings. The standard InChI is InChI=1S/C6H7BF3N2S/c1-5-2-3-11-6(12-5)13-4-7(8,9)10/h2-3H,4H2,1H3/q-1. The van der Waals surface area contributed by atoms with Crippen molar-refractivity contribution in [1.29, 1.82) is 0 Å². The van der Waals surface area contributed by atoms with Gasteiger partial charge in [0.25, 0.3) is 0 Å². The van der Waals surface area contributed by atoms with Gasteiger partial charge in [-0.2, -0.15) is 0 Å². The van der Waals surface area contributed by atoms with Crippen molar-refractivity contribution in [2.45, 2.75) is 12.1 Å². The first-order chi connectivity index (χ1) is 5.97. The van der Waals surface area contributed by atoms with Gasteiger partial charge in [-0.25, -0.2) is 9.97 Å². The summed E-state index contributed by atoms with van der Waals surface area (Å²) >= 11 is 0.622. The van der Waals surface area contributed by atoms with Crippen LogP contribution < -0.4 is 0 Å². The Balaban J connectivity index is 2.55. The number of aromatic nitrogens is 2. The number of halogens is 3. The van der Waals surface area contributed by atoms with Gasteiger partial charge in [-0.3, -0.25) is 0 Å². The maximum absolute atomic E-state index is 11.8. The Morgan fingerprint density at radius 2 is 2.15 bits per heavy atom. The van der Waals surface area contributed by atoms with E-state index in [1.807, 2.05) is 0 Å². The first-order valence-corrected chi connectivity index (χ1v) is 4.59. The lowest BCUT2D eigenvalue weighted by atomic mass is 9.98. The van der Waals surface area contributed by atoms with Gasteiger partial charge in [-0.15, -0.1) is 11.8 Å². The zero-order valence-corrected chi connectivity index (χ0v) is 7.69. The summed E-state index contributed by atoms with van der Waals surface area (Å²) in [6.07, 6.45) is 1.45. The molecular weight excluding hydrogens is 200 g/mol. The smallest absolute Gasteiger partial charge is 0.448 e. The summed E-state index contributed by atoms with van der Waals surface area (Å²) in [6, 6.07) is 1.64. The molecule has 2 nitrogen and oxygen atoms in total. The van der Waals surface area contributed by atoms with Gasteiger partial charge in [0.05, 0.1) is 0 Å². The van der Waals surface area contributed by atoms with Crippen molar-refractivity contribution < 1.29 is 12.9 Å². The Kier molecular flexibility index (Phi) is 3.19.